The minimum absolute atomic E-state index is 0.174. The third-order valence-corrected chi connectivity index (χ3v) is 4.96. The van der Waals surface area contributed by atoms with Crippen molar-refractivity contribution < 1.29 is 23.9 Å². The van der Waals surface area contributed by atoms with Gasteiger partial charge in [0.1, 0.15) is 12.2 Å². The van der Waals surface area contributed by atoms with Gasteiger partial charge in [0.25, 0.3) is 11.8 Å². The smallest absolute Gasteiger partial charge is 0.335 e. The number of urea groups is 1. The molecular weight excluding hydrogens is 452 g/mol. The van der Waals surface area contributed by atoms with Crippen LogP contribution in [0.1, 0.15) is 11.1 Å². The maximum Gasteiger partial charge on any atom is 0.335 e. The van der Waals surface area contributed by atoms with Crippen LogP contribution in [0.25, 0.3) is 6.08 Å². The lowest BCUT2D eigenvalue weighted by Crippen LogP contribution is -2.54. The van der Waals surface area contributed by atoms with Gasteiger partial charge in [0.05, 0.1) is 17.3 Å². The summed E-state index contributed by atoms with van der Waals surface area (Å²) >= 11 is 3.41. The van der Waals surface area contributed by atoms with E-state index in [1.807, 2.05) is 0 Å². The van der Waals surface area contributed by atoms with Gasteiger partial charge in [-0.2, -0.15) is 0 Å². The Labute approximate surface area is 182 Å². The summed E-state index contributed by atoms with van der Waals surface area (Å²) in [5.41, 5.74) is 1.47. The van der Waals surface area contributed by atoms with Crippen molar-refractivity contribution in [3.63, 3.8) is 0 Å². The highest BCUT2D eigenvalue weighted by Crippen LogP contribution is 2.37. The Balaban J connectivity index is 2.03. The van der Waals surface area contributed by atoms with Gasteiger partial charge < -0.3 is 9.47 Å². The number of imide groups is 2. The lowest BCUT2D eigenvalue weighted by atomic mass is 10.1. The van der Waals surface area contributed by atoms with E-state index in [1.165, 1.54) is 13.2 Å². The SMILES string of the molecule is C=CCOc1c(Br)cc(/C=C2\C(=O)NC(=O)N(c3ccccc3C)C2=O)cc1OC. The zero-order chi connectivity index (χ0) is 21.8. The highest BCUT2D eigenvalue weighted by atomic mass is 79.9. The topological polar surface area (TPSA) is 84.9 Å². The molecule has 8 heteroatoms. The van der Waals surface area contributed by atoms with Crippen LogP contribution in [0.5, 0.6) is 11.5 Å². The molecule has 1 N–H and O–H groups in total. The second-order valence-corrected chi connectivity index (χ2v) is 7.23. The molecule has 1 fully saturated rings. The molecule has 4 amide bonds. The van der Waals surface area contributed by atoms with Crippen molar-refractivity contribution in [3.8, 4) is 11.5 Å². The summed E-state index contributed by atoms with van der Waals surface area (Å²) in [6.07, 6.45) is 3.00. The molecule has 0 aliphatic carbocycles. The molecule has 30 heavy (non-hydrogen) atoms. The van der Waals surface area contributed by atoms with Gasteiger partial charge in [-0.1, -0.05) is 30.9 Å². The van der Waals surface area contributed by atoms with Crippen molar-refractivity contribution in [2.45, 2.75) is 6.92 Å². The molecule has 2 aromatic carbocycles. The van der Waals surface area contributed by atoms with Gasteiger partial charge in [-0.3, -0.25) is 14.9 Å². The van der Waals surface area contributed by atoms with Crippen LogP contribution in [0, 0.1) is 6.92 Å². The number of benzene rings is 2. The van der Waals surface area contributed by atoms with Crippen molar-refractivity contribution in [2.75, 3.05) is 18.6 Å². The maximum atomic E-state index is 13.0. The molecule has 0 spiro atoms. The number of hydrogen-bond acceptors (Lipinski definition) is 5. The first-order chi connectivity index (χ1) is 14.4. The van der Waals surface area contributed by atoms with E-state index in [1.54, 1.807) is 49.4 Å². The summed E-state index contributed by atoms with van der Waals surface area (Å²) < 4.78 is 11.5. The van der Waals surface area contributed by atoms with Gasteiger partial charge in [-0.25, -0.2) is 9.69 Å². The lowest BCUT2D eigenvalue weighted by Gasteiger charge is -2.27. The number of rotatable bonds is 6. The average molecular weight is 471 g/mol. The van der Waals surface area contributed by atoms with E-state index in [2.05, 4.69) is 27.8 Å². The van der Waals surface area contributed by atoms with Crippen molar-refractivity contribution >= 4 is 45.5 Å². The van der Waals surface area contributed by atoms with Crippen molar-refractivity contribution in [3.05, 3.63) is 70.2 Å². The number of hydrogen-bond donors (Lipinski definition) is 1. The maximum absolute atomic E-state index is 13.0. The number of barbiturate groups is 1. The molecular formula is C22H19BrN2O5. The van der Waals surface area contributed by atoms with E-state index in [9.17, 15) is 14.4 Å². The molecule has 154 valence electrons. The second-order valence-electron chi connectivity index (χ2n) is 6.38. The van der Waals surface area contributed by atoms with E-state index < -0.39 is 17.8 Å². The van der Waals surface area contributed by atoms with Crippen LogP contribution in [-0.4, -0.2) is 31.6 Å². The standard InChI is InChI=1S/C22H19BrN2O5/c1-4-9-30-19-16(23)11-14(12-18(19)29-3)10-15-20(26)24-22(28)25(21(15)27)17-8-6-5-7-13(17)2/h4-8,10-12H,1,9H2,2-3H3,(H,24,26,28)/b15-10+. The number of methoxy groups -OCH3 is 1. The third kappa shape index (κ3) is 4.13. The molecule has 0 radical (unpaired) electrons. The predicted molar refractivity (Wildman–Crippen MR) is 117 cm³/mol. The van der Waals surface area contributed by atoms with Crippen LogP contribution in [-0.2, 0) is 9.59 Å². The molecule has 0 unspecified atom stereocenters. The number of aryl methyl sites for hydroxylation is 1. The van der Waals surface area contributed by atoms with Crippen LogP contribution in [0.2, 0.25) is 0 Å². The molecule has 3 rings (SSSR count). The van der Waals surface area contributed by atoms with Crippen molar-refractivity contribution in [1.82, 2.24) is 5.32 Å². The number of carbonyl (C=O) groups excluding carboxylic acids is 3. The van der Waals surface area contributed by atoms with E-state index >= 15 is 0 Å². The number of anilines is 1. The Bertz CT molecular complexity index is 1080. The molecule has 0 aromatic heterocycles. The van der Waals surface area contributed by atoms with Gasteiger partial charge in [-0.15, -0.1) is 0 Å². The summed E-state index contributed by atoms with van der Waals surface area (Å²) in [6, 6.07) is 9.46. The fourth-order valence-electron chi connectivity index (χ4n) is 2.96. The summed E-state index contributed by atoms with van der Waals surface area (Å²) in [4.78, 5) is 38.8. The normalized spacial score (nSPS) is 15.2. The van der Waals surface area contributed by atoms with Crippen LogP contribution in [0.4, 0.5) is 10.5 Å². The Hall–Kier alpha value is -3.39. The van der Waals surface area contributed by atoms with Crippen molar-refractivity contribution in [2.24, 2.45) is 0 Å². The van der Waals surface area contributed by atoms with Gasteiger partial charge >= 0.3 is 6.03 Å². The molecule has 1 aliphatic heterocycles. The van der Waals surface area contributed by atoms with E-state index in [0.717, 1.165) is 10.5 Å². The molecule has 0 saturated carbocycles. The quantitative estimate of drug-likeness (QED) is 0.391. The molecule has 1 aliphatic rings. The lowest BCUT2D eigenvalue weighted by molar-refractivity contribution is -0.122. The minimum atomic E-state index is -0.789. The highest BCUT2D eigenvalue weighted by Gasteiger charge is 2.37. The molecule has 2 aromatic rings. The summed E-state index contributed by atoms with van der Waals surface area (Å²) in [7, 11) is 1.48. The molecule has 0 bridgehead atoms. The van der Waals surface area contributed by atoms with Crippen molar-refractivity contribution in [1.29, 1.82) is 0 Å². The largest absolute Gasteiger partial charge is 0.493 e. The number of amides is 4. The number of ether oxygens (including phenoxy) is 2. The predicted octanol–water partition coefficient (Wildman–Crippen LogP) is 4.00. The first kappa shape index (κ1) is 21.3. The van der Waals surface area contributed by atoms with Crippen LogP contribution >= 0.6 is 15.9 Å². The molecule has 1 heterocycles. The molecule has 1 saturated heterocycles. The van der Waals surface area contributed by atoms with Gasteiger partial charge in [-0.05, 0) is 58.3 Å². The highest BCUT2D eigenvalue weighted by molar-refractivity contribution is 9.10. The summed E-state index contributed by atoms with van der Waals surface area (Å²) in [5.74, 6) is -0.596. The van der Waals surface area contributed by atoms with E-state index in [-0.39, 0.29) is 12.2 Å². The monoisotopic (exact) mass is 470 g/mol. The Morgan fingerprint density at radius 2 is 1.93 bits per heavy atom. The zero-order valence-corrected chi connectivity index (χ0v) is 18.0. The Morgan fingerprint density at radius 1 is 1.20 bits per heavy atom. The van der Waals surface area contributed by atoms with E-state index in [4.69, 9.17) is 9.47 Å². The van der Waals surface area contributed by atoms with Crippen LogP contribution < -0.4 is 19.7 Å². The third-order valence-electron chi connectivity index (χ3n) is 4.37. The summed E-state index contributed by atoms with van der Waals surface area (Å²) in [6.45, 7) is 5.67. The van der Waals surface area contributed by atoms with Gasteiger partial charge in [0.15, 0.2) is 11.5 Å². The Kier molecular flexibility index (Phi) is 6.37. The van der Waals surface area contributed by atoms with Gasteiger partial charge in [0, 0.05) is 0 Å². The first-order valence-electron chi connectivity index (χ1n) is 8.95. The second kappa shape index (κ2) is 8.96. The number of para-hydroxylation sites is 1. The Morgan fingerprint density at radius 3 is 2.60 bits per heavy atom. The molecule has 7 nitrogen and oxygen atoms in total. The fourth-order valence-corrected chi connectivity index (χ4v) is 3.54. The number of nitrogens with one attached hydrogen (secondary N) is 1. The number of halogens is 1. The molecule has 0 atom stereocenters. The van der Waals surface area contributed by atoms with Gasteiger partial charge in [0.2, 0.25) is 0 Å². The first-order valence-corrected chi connectivity index (χ1v) is 9.75. The van der Waals surface area contributed by atoms with Crippen LogP contribution in [0.3, 0.4) is 0 Å². The fraction of sp³-hybridized carbons (Fsp3) is 0.136. The number of carbonyl (C=O) groups is 3. The van der Waals surface area contributed by atoms with Crippen LogP contribution in [0.15, 0.2) is 59.1 Å². The minimum Gasteiger partial charge on any atom is -0.493 e. The average Bonchev–Trinajstić information content (AvgIpc) is 2.71. The van der Waals surface area contributed by atoms with E-state index in [0.29, 0.717) is 27.2 Å². The zero-order valence-electron chi connectivity index (χ0n) is 16.4. The summed E-state index contributed by atoms with van der Waals surface area (Å²) in [5, 5.41) is 2.22. The number of nitrogens with zero attached hydrogens (tertiary/aromatic N) is 1.